The van der Waals surface area contributed by atoms with E-state index in [-0.39, 0.29) is 5.69 Å². The maximum Gasteiger partial charge on any atom is 0.411 e. The summed E-state index contributed by atoms with van der Waals surface area (Å²) in [6, 6.07) is 2.52. The van der Waals surface area contributed by atoms with Gasteiger partial charge in [-0.3, -0.25) is 9.36 Å². The Morgan fingerprint density at radius 2 is 2.07 bits per heavy atom. The van der Waals surface area contributed by atoms with Gasteiger partial charge in [0.1, 0.15) is 13.3 Å². The zero-order valence-electron chi connectivity index (χ0n) is 7.62. The van der Waals surface area contributed by atoms with E-state index in [0.29, 0.717) is 0 Å². The minimum absolute atomic E-state index is 0.283. The van der Waals surface area contributed by atoms with Gasteiger partial charge in [0.05, 0.1) is 0 Å². The van der Waals surface area contributed by atoms with Gasteiger partial charge in [-0.15, -0.1) is 0 Å². The third-order valence-corrected chi connectivity index (χ3v) is 1.50. The molecular formula is C8H9F3N2O2. The molecule has 15 heavy (non-hydrogen) atoms. The SMILES string of the molecule is Nc1ccc(=O)n(COCC(F)(F)F)c1. The number of anilines is 1. The molecule has 0 spiro atoms. The van der Waals surface area contributed by atoms with Crippen molar-refractivity contribution in [3.05, 3.63) is 28.7 Å². The molecule has 1 aromatic heterocycles. The first kappa shape index (κ1) is 11.6. The van der Waals surface area contributed by atoms with Crippen LogP contribution in [0.4, 0.5) is 18.9 Å². The van der Waals surface area contributed by atoms with Gasteiger partial charge < -0.3 is 10.5 Å². The molecule has 4 nitrogen and oxygen atoms in total. The summed E-state index contributed by atoms with van der Waals surface area (Å²) in [5.74, 6) is 0. The molecule has 0 atom stereocenters. The van der Waals surface area contributed by atoms with Crippen LogP contribution in [0.2, 0.25) is 0 Å². The van der Waals surface area contributed by atoms with Gasteiger partial charge in [0.15, 0.2) is 0 Å². The van der Waals surface area contributed by atoms with Crippen LogP contribution in [0.1, 0.15) is 0 Å². The maximum absolute atomic E-state index is 11.7. The number of ether oxygens (including phenoxy) is 1. The second-order valence-electron chi connectivity index (χ2n) is 2.86. The number of pyridine rings is 1. The quantitative estimate of drug-likeness (QED) is 0.828. The Hall–Kier alpha value is -1.50. The summed E-state index contributed by atoms with van der Waals surface area (Å²) in [5.41, 5.74) is 5.16. The Morgan fingerprint density at radius 1 is 1.40 bits per heavy atom. The molecule has 1 aromatic rings. The summed E-state index contributed by atoms with van der Waals surface area (Å²) in [4.78, 5) is 11.1. The Bertz CT molecular complexity index is 386. The van der Waals surface area contributed by atoms with Crippen LogP contribution >= 0.6 is 0 Å². The van der Waals surface area contributed by atoms with Crippen LogP contribution in [0.15, 0.2) is 23.1 Å². The Labute approximate surface area is 83.1 Å². The fraction of sp³-hybridized carbons (Fsp3) is 0.375. The zero-order chi connectivity index (χ0) is 11.5. The van der Waals surface area contributed by atoms with Crippen LogP contribution in [0.3, 0.4) is 0 Å². The molecule has 0 fully saturated rings. The number of nitrogens with two attached hydrogens (primary N) is 1. The highest BCUT2D eigenvalue weighted by Gasteiger charge is 2.27. The van der Waals surface area contributed by atoms with Crippen molar-refractivity contribution in [2.45, 2.75) is 12.9 Å². The largest absolute Gasteiger partial charge is 0.411 e. The zero-order valence-corrected chi connectivity index (χ0v) is 7.62. The molecule has 0 unspecified atom stereocenters. The van der Waals surface area contributed by atoms with E-state index >= 15 is 0 Å². The first-order valence-corrected chi connectivity index (χ1v) is 3.99. The smallest absolute Gasteiger partial charge is 0.398 e. The lowest BCUT2D eigenvalue weighted by atomic mass is 10.4. The van der Waals surface area contributed by atoms with E-state index in [1.807, 2.05) is 0 Å². The van der Waals surface area contributed by atoms with E-state index in [4.69, 9.17) is 5.73 Å². The van der Waals surface area contributed by atoms with Crippen molar-refractivity contribution >= 4 is 5.69 Å². The minimum Gasteiger partial charge on any atom is -0.398 e. The van der Waals surface area contributed by atoms with E-state index < -0.39 is 25.1 Å². The molecule has 0 saturated heterocycles. The van der Waals surface area contributed by atoms with Crippen molar-refractivity contribution in [1.82, 2.24) is 4.57 Å². The van der Waals surface area contributed by atoms with Gasteiger partial charge in [0.2, 0.25) is 0 Å². The summed E-state index contributed by atoms with van der Waals surface area (Å²) in [5, 5.41) is 0. The molecule has 84 valence electrons. The summed E-state index contributed by atoms with van der Waals surface area (Å²) in [7, 11) is 0. The second-order valence-corrected chi connectivity index (χ2v) is 2.86. The second kappa shape index (κ2) is 4.35. The minimum atomic E-state index is -4.40. The number of halogens is 3. The summed E-state index contributed by atoms with van der Waals surface area (Å²) in [6.45, 7) is -1.86. The van der Waals surface area contributed by atoms with E-state index in [9.17, 15) is 18.0 Å². The lowest BCUT2D eigenvalue weighted by Crippen LogP contribution is -2.24. The van der Waals surface area contributed by atoms with Gasteiger partial charge in [-0.05, 0) is 6.07 Å². The molecule has 0 bridgehead atoms. The lowest BCUT2D eigenvalue weighted by Gasteiger charge is -2.09. The number of nitrogens with zero attached hydrogens (tertiary/aromatic N) is 1. The molecule has 0 aliphatic carbocycles. The topological polar surface area (TPSA) is 57.2 Å². The standard InChI is InChI=1S/C8H9F3N2O2/c9-8(10,11)4-15-5-13-3-6(12)1-2-7(13)14/h1-3H,4-5,12H2. The summed E-state index contributed by atoms with van der Waals surface area (Å²) < 4.78 is 40.4. The third kappa shape index (κ3) is 4.03. The molecule has 0 saturated carbocycles. The Balaban J connectivity index is 2.58. The number of hydrogen-bond donors (Lipinski definition) is 1. The van der Waals surface area contributed by atoms with Gasteiger partial charge in [-0.25, -0.2) is 0 Å². The van der Waals surface area contributed by atoms with Crippen LogP contribution in [0, 0.1) is 0 Å². The highest BCUT2D eigenvalue weighted by Crippen LogP contribution is 2.14. The molecule has 2 N–H and O–H groups in total. The lowest BCUT2D eigenvalue weighted by molar-refractivity contribution is -0.182. The van der Waals surface area contributed by atoms with Gasteiger partial charge in [-0.2, -0.15) is 13.2 Å². The highest BCUT2D eigenvalue weighted by molar-refractivity contribution is 5.33. The Kier molecular flexibility index (Phi) is 3.35. The normalized spacial score (nSPS) is 11.7. The average molecular weight is 222 g/mol. The van der Waals surface area contributed by atoms with Crippen LogP contribution in [-0.2, 0) is 11.5 Å². The van der Waals surface area contributed by atoms with E-state index in [0.717, 1.165) is 10.6 Å². The number of nitrogen functional groups attached to an aromatic ring is 1. The number of aromatic nitrogens is 1. The monoisotopic (exact) mass is 222 g/mol. The van der Waals surface area contributed by atoms with Gasteiger partial charge in [0, 0.05) is 18.0 Å². The molecule has 0 aliphatic heterocycles. The van der Waals surface area contributed by atoms with Crippen LogP contribution in [0.5, 0.6) is 0 Å². The molecule has 0 amide bonds. The molecule has 1 heterocycles. The maximum atomic E-state index is 11.7. The van der Waals surface area contributed by atoms with Crippen molar-refractivity contribution in [2.24, 2.45) is 0 Å². The molecule has 0 radical (unpaired) electrons. The average Bonchev–Trinajstić information content (AvgIpc) is 2.09. The number of rotatable bonds is 3. The predicted molar refractivity (Wildman–Crippen MR) is 47.1 cm³/mol. The van der Waals surface area contributed by atoms with Gasteiger partial charge >= 0.3 is 6.18 Å². The number of alkyl halides is 3. The first-order chi connectivity index (χ1) is 6.88. The third-order valence-electron chi connectivity index (χ3n) is 1.50. The highest BCUT2D eigenvalue weighted by atomic mass is 19.4. The molecule has 0 aromatic carbocycles. The van der Waals surface area contributed by atoms with Crippen LogP contribution < -0.4 is 11.3 Å². The van der Waals surface area contributed by atoms with Crippen molar-refractivity contribution in [3.8, 4) is 0 Å². The van der Waals surface area contributed by atoms with E-state index in [1.165, 1.54) is 12.3 Å². The Morgan fingerprint density at radius 3 is 2.67 bits per heavy atom. The van der Waals surface area contributed by atoms with Crippen molar-refractivity contribution < 1.29 is 17.9 Å². The van der Waals surface area contributed by atoms with Gasteiger partial charge in [-0.1, -0.05) is 0 Å². The molecule has 0 aliphatic rings. The van der Waals surface area contributed by atoms with Crippen molar-refractivity contribution in [1.29, 1.82) is 0 Å². The summed E-state index contributed by atoms with van der Waals surface area (Å²) >= 11 is 0. The van der Waals surface area contributed by atoms with E-state index in [1.54, 1.807) is 0 Å². The fourth-order valence-electron chi connectivity index (χ4n) is 0.910. The van der Waals surface area contributed by atoms with E-state index in [2.05, 4.69) is 4.74 Å². The molecule has 1 rings (SSSR count). The van der Waals surface area contributed by atoms with Crippen LogP contribution in [0.25, 0.3) is 0 Å². The molecular weight excluding hydrogens is 213 g/mol. The molecule has 7 heteroatoms. The predicted octanol–water partition coefficient (Wildman–Crippen LogP) is 0.967. The fourth-order valence-corrected chi connectivity index (χ4v) is 0.910. The van der Waals surface area contributed by atoms with Crippen LogP contribution in [-0.4, -0.2) is 17.4 Å². The van der Waals surface area contributed by atoms with Crippen molar-refractivity contribution in [2.75, 3.05) is 12.3 Å². The first-order valence-electron chi connectivity index (χ1n) is 3.99. The van der Waals surface area contributed by atoms with Crippen molar-refractivity contribution in [3.63, 3.8) is 0 Å². The summed E-state index contributed by atoms with van der Waals surface area (Å²) in [6.07, 6.45) is -3.18. The van der Waals surface area contributed by atoms with Gasteiger partial charge in [0.25, 0.3) is 5.56 Å². The number of hydrogen-bond acceptors (Lipinski definition) is 3.